The van der Waals surface area contributed by atoms with Crippen molar-refractivity contribution in [3.05, 3.63) is 28.2 Å². The van der Waals surface area contributed by atoms with E-state index in [1.165, 1.54) is 0 Å². The first-order valence-electron chi connectivity index (χ1n) is 5.04. The van der Waals surface area contributed by atoms with Crippen molar-refractivity contribution < 1.29 is 13.9 Å². The van der Waals surface area contributed by atoms with Crippen LogP contribution in [-0.2, 0) is 0 Å². The van der Waals surface area contributed by atoms with Gasteiger partial charge in [0.2, 0.25) is 0 Å². The summed E-state index contributed by atoms with van der Waals surface area (Å²) in [5, 5.41) is 12.4. The molecule has 90 valence electrons. The number of alkyl halides is 2. The van der Waals surface area contributed by atoms with E-state index in [0.717, 1.165) is 4.47 Å². The average Bonchev–Trinajstić information content (AvgIpc) is 2.23. The molecule has 1 rings (SSSR count). The molecule has 0 aromatic heterocycles. The van der Waals surface area contributed by atoms with E-state index in [0.29, 0.717) is 12.0 Å². The fraction of sp³-hybridized carbons (Fsp3) is 0.455. The smallest absolute Gasteiger partial charge is 0.250 e. The van der Waals surface area contributed by atoms with E-state index >= 15 is 0 Å². The molecule has 0 amide bonds. The van der Waals surface area contributed by atoms with Gasteiger partial charge in [0.1, 0.15) is 5.75 Å². The molecule has 0 aliphatic carbocycles. The van der Waals surface area contributed by atoms with E-state index in [-0.39, 0.29) is 18.3 Å². The molecule has 0 fully saturated rings. The van der Waals surface area contributed by atoms with Gasteiger partial charge in [0.15, 0.2) is 0 Å². The Kier molecular flexibility index (Phi) is 5.15. The Labute approximate surface area is 102 Å². The first kappa shape index (κ1) is 13.4. The Bertz CT molecular complexity index is 347. The molecule has 0 saturated carbocycles. The molecule has 2 N–H and O–H groups in total. The quantitative estimate of drug-likeness (QED) is 0.871. The van der Waals surface area contributed by atoms with Crippen molar-refractivity contribution in [1.82, 2.24) is 5.32 Å². The number of nitrogens with one attached hydrogen (secondary N) is 1. The van der Waals surface area contributed by atoms with E-state index in [1.54, 1.807) is 18.2 Å². The van der Waals surface area contributed by atoms with Crippen molar-refractivity contribution in [2.75, 3.05) is 6.54 Å². The Balaban J connectivity index is 2.81. The lowest BCUT2D eigenvalue weighted by molar-refractivity contribution is 0.140. The van der Waals surface area contributed by atoms with E-state index in [9.17, 15) is 13.9 Å². The van der Waals surface area contributed by atoms with Crippen LogP contribution in [0.3, 0.4) is 0 Å². The van der Waals surface area contributed by atoms with E-state index < -0.39 is 6.43 Å². The van der Waals surface area contributed by atoms with Gasteiger partial charge in [0.25, 0.3) is 6.43 Å². The largest absolute Gasteiger partial charge is 0.508 e. The number of phenols is 1. The van der Waals surface area contributed by atoms with Crippen molar-refractivity contribution in [3.63, 3.8) is 0 Å². The van der Waals surface area contributed by atoms with Crippen molar-refractivity contribution in [2.45, 2.75) is 25.8 Å². The molecule has 0 bridgehead atoms. The van der Waals surface area contributed by atoms with Crippen molar-refractivity contribution in [3.8, 4) is 5.75 Å². The van der Waals surface area contributed by atoms with Crippen LogP contribution in [0.15, 0.2) is 22.7 Å². The molecule has 0 aliphatic heterocycles. The van der Waals surface area contributed by atoms with E-state index in [1.807, 2.05) is 6.92 Å². The second-order valence-electron chi connectivity index (χ2n) is 3.46. The van der Waals surface area contributed by atoms with Gasteiger partial charge in [0.05, 0.1) is 6.54 Å². The highest BCUT2D eigenvalue weighted by Crippen LogP contribution is 2.29. The van der Waals surface area contributed by atoms with Crippen LogP contribution in [0.2, 0.25) is 0 Å². The third-order valence-corrected chi connectivity index (χ3v) is 2.79. The van der Waals surface area contributed by atoms with Gasteiger partial charge in [-0.15, -0.1) is 0 Å². The Hall–Kier alpha value is -0.680. The highest BCUT2D eigenvalue weighted by Gasteiger charge is 2.15. The Morgan fingerprint density at radius 2 is 2.12 bits per heavy atom. The van der Waals surface area contributed by atoms with Crippen LogP contribution >= 0.6 is 15.9 Å². The van der Waals surface area contributed by atoms with Crippen LogP contribution < -0.4 is 5.32 Å². The van der Waals surface area contributed by atoms with Gasteiger partial charge in [-0.3, -0.25) is 0 Å². The summed E-state index contributed by atoms with van der Waals surface area (Å²) in [6.45, 7) is 1.51. The number of phenolic OH excluding ortho intramolecular Hbond substituents is 1. The van der Waals surface area contributed by atoms with Crippen molar-refractivity contribution >= 4 is 15.9 Å². The Morgan fingerprint density at radius 3 is 2.69 bits per heavy atom. The number of aromatic hydroxyl groups is 1. The molecule has 5 heteroatoms. The monoisotopic (exact) mass is 293 g/mol. The van der Waals surface area contributed by atoms with Crippen LogP contribution in [0, 0.1) is 0 Å². The summed E-state index contributed by atoms with van der Waals surface area (Å²) < 4.78 is 25.0. The average molecular weight is 294 g/mol. The molecule has 2 nitrogen and oxygen atoms in total. The summed E-state index contributed by atoms with van der Waals surface area (Å²) in [4.78, 5) is 0. The van der Waals surface area contributed by atoms with Crippen LogP contribution in [0.1, 0.15) is 24.9 Å². The molecule has 1 unspecified atom stereocenters. The summed E-state index contributed by atoms with van der Waals surface area (Å²) in [5.41, 5.74) is 0.637. The number of hydrogen-bond donors (Lipinski definition) is 2. The minimum absolute atomic E-state index is 0.122. The van der Waals surface area contributed by atoms with Crippen LogP contribution in [0.4, 0.5) is 8.78 Å². The first-order valence-corrected chi connectivity index (χ1v) is 5.83. The maximum atomic E-state index is 12.1. The van der Waals surface area contributed by atoms with Crippen LogP contribution in [0.25, 0.3) is 0 Å². The standard InChI is InChI=1S/C11H14BrF2NO/c1-2-9(15-6-11(13)14)8-5-7(12)3-4-10(8)16/h3-5,9,11,15-16H,2,6H2,1H3. The molecule has 1 aromatic rings. The molecule has 0 heterocycles. The highest BCUT2D eigenvalue weighted by atomic mass is 79.9. The zero-order valence-corrected chi connectivity index (χ0v) is 10.5. The molecule has 0 radical (unpaired) electrons. The fourth-order valence-electron chi connectivity index (χ4n) is 1.51. The minimum atomic E-state index is -2.39. The lowest BCUT2D eigenvalue weighted by Gasteiger charge is -2.18. The van der Waals surface area contributed by atoms with Gasteiger partial charge in [-0.1, -0.05) is 22.9 Å². The van der Waals surface area contributed by atoms with Crippen LogP contribution in [0.5, 0.6) is 5.75 Å². The van der Waals surface area contributed by atoms with Gasteiger partial charge < -0.3 is 10.4 Å². The Morgan fingerprint density at radius 1 is 1.44 bits per heavy atom. The molecule has 0 spiro atoms. The summed E-state index contributed by atoms with van der Waals surface area (Å²) >= 11 is 3.29. The van der Waals surface area contributed by atoms with Gasteiger partial charge in [-0.25, -0.2) is 8.78 Å². The first-order chi connectivity index (χ1) is 7.54. The lowest BCUT2D eigenvalue weighted by Crippen LogP contribution is -2.26. The molecule has 16 heavy (non-hydrogen) atoms. The fourth-order valence-corrected chi connectivity index (χ4v) is 1.89. The third kappa shape index (κ3) is 3.72. The number of rotatable bonds is 5. The van der Waals surface area contributed by atoms with E-state index in [2.05, 4.69) is 21.2 Å². The topological polar surface area (TPSA) is 32.3 Å². The van der Waals surface area contributed by atoms with Crippen molar-refractivity contribution in [1.29, 1.82) is 0 Å². The molecule has 1 atom stereocenters. The maximum Gasteiger partial charge on any atom is 0.250 e. The predicted molar refractivity (Wildman–Crippen MR) is 62.8 cm³/mol. The molecule has 0 aliphatic rings. The highest BCUT2D eigenvalue weighted by molar-refractivity contribution is 9.10. The zero-order chi connectivity index (χ0) is 12.1. The van der Waals surface area contributed by atoms with E-state index in [4.69, 9.17) is 0 Å². The summed E-state index contributed by atoms with van der Waals surface area (Å²) in [7, 11) is 0. The normalized spacial score (nSPS) is 13.1. The van der Waals surface area contributed by atoms with Crippen molar-refractivity contribution in [2.24, 2.45) is 0 Å². The minimum Gasteiger partial charge on any atom is -0.508 e. The van der Waals surface area contributed by atoms with Crippen LogP contribution in [-0.4, -0.2) is 18.1 Å². The maximum absolute atomic E-state index is 12.1. The zero-order valence-electron chi connectivity index (χ0n) is 8.88. The van der Waals surface area contributed by atoms with Gasteiger partial charge in [-0.2, -0.15) is 0 Å². The second-order valence-corrected chi connectivity index (χ2v) is 4.38. The lowest BCUT2D eigenvalue weighted by atomic mass is 10.0. The summed E-state index contributed by atoms with van der Waals surface area (Å²) in [6.07, 6.45) is -1.75. The van der Waals surface area contributed by atoms with Gasteiger partial charge in [-0.05, 0) is 24.6 Å². The molecular formula is C11H14BrF2NO. The van der Waals surface area contributed by atoms with Gasteiger partial charge >= 0.3 is 0 Å². The SMILES string of the molecule is CCC(NCC(F)F)c1cc(Br)ccc1O. The van der Waals surface area contributed by atoms with Gasteiger partial charge in [0, 0.05) is 16.1 Å². The third-order valence-electron chi connectivity index (χ3n) is 2.29. The molecular weight excluding hydrogens is 280 g/mol. The summed E-state index contributed by atoms with van der Waals surface area (Å²) in [5.74, 6) is 0.122. The molecule has 1 aromatic carbocycles. The summed E-state index contributed by atoms with van der Waals surface area (Å²) in [6, 6.07) is 4.73. The number of hydrogen-bond acceptors (Lipinski definition) is 2. The number of benzene rings is 1. The second kappa shape index (κ2) is 6.15. The molecule has 0 saturated heterocycles. The predicted octanol–water partition coefficient (Wildman–Crippen LogP) is 3.46. The number of halogens is 3.